The van der Waals surface area contributed by atoms with Crippen LogP contribution < -0.4 is 15.8 Å². The Hall–Kier alpha value is -2.20. The van der Waals surface area contributed by atoms with Crippen LogP contribution in [0.3, 0.4) is 0 Å². The van der Waals surface area contributed by atoms with E-state index in [0.29, 0.717) is 14.2 Å². The summed E-state index contributed by atoms with van der Waals surface area (Å²) in [6, 6.07) is 6.52. The SMILES string of the molecule is NS(=O)(=O)OC[C@H]1C[C@@H](Nc2ncncc2C(=O)c2cc([C@@H]3NCCc4ccc(Cl)cc43)c(Cl)s2)[C@H](O)[C@@H]1O. The normalized spacial score (nSPS) is 24.9. The number of carbonyl (C=O) groups excluding carboxylic acids is 1. The second-order valence-corrected chi connectivity index (χ2v) is 12.8. The molecule has 1 aliphatic heterocycles. The van der Waals surface area contributed by atoms with Crippen molar-refractivity contribution in [1.82, 2.24) is 15.3 Å². The van der Waals surface area contributed by atoms with Gasteiger partial charge in [-0.25, -0.2) is 15.1 Å². The summed E-state index contributed by atoms with van der Waals surface area (Å²) in [5, 5.41) is 32.8. The van der Waals surface area contributed by atoms with Crippen molar-refractivity contribution in [2.24, 2.45) is 11.1 Å². The Morgan fingerprint density at radius 3 is 2.79 bits per heavy atom. The van der Waals surface area contributed by atoms with E-state index in [-0.39, 0.29) is 29.6 Å². The van der Waals surface area contributed by atoms with E-state index in [1.165, 1.54) is 12.5 Å². The van der Waals surface area contributed by atoms with Crippen LogP contribution in [0.15, 0.2) is 36.8 Å². The van der Waals surface area contributed by atoms with Crippen LogP contribution >= 0.6 is 34.5 Å². The Labute approximate surface area is 238 Å². The van der Waals surface area contributed by atoms with Gasteiger partial charge in [-0.3, -0.25) is 8.98 Å². The third kappa shape index (κ3) is 6.11. The Bertz CT molecular complexity index is 1500. The lowest BCUT2D eigenvalue weighted by Crippen LogP contribution is -2.36. The molecule has 3 heterocycles. The highest BCUT2D eigenvalue weighted by Gasteiger charge is 2.42. The van der Waals surface area contributed by atoms with Crippen molar-refractivity contribution in [3.05, 3.63) is 73.3 Å². The highest BCUT2D eigenvalue weighted by atomic mass is 35.5. The number of hydrogen-bond donors (Lipinski definition) is 5. The first-order valence-electron chi connectivity index (χ1n) is 12.0. The summed E-state index contributed by atoms with van der Waals surface area (Å²) in [4.78, 5) is 22.1. The summed E-state index contributed by atoms with van der Waals surface area (Å²) in [6.07, 6.45) is 1.05. The molecule has 3 aromatic rings. The quantitative estimate of drug-likeness (QED) is 0.236. The molecule has 0 unspecified atom stereocenters. The van der Waals surface area contributed by atoms with Crippen LogP contribution in [0.25, 0.3) is 0 Å². The standard InChI is InChI=1S/C24H25Cl2N5O6S2/c25-13-2-1-11-3-4-29-19(14(11)6-13)15-7-18(38-23(15)26)21(33)16-8-28-10-30-24(16)31-17-5-12(20(32)22(17)34)9-37-39(27,35)36/h1-2,6-8,10,12,17,19-20,22,29,32,34H,3-5,9H2,(H2,27,35,36)(H,28,30,31)/t12-,17-,19-,20-,22+/m1/s1. The maximum absolute atomic E-state index is 13.6. The lowest BCUT2D eigenvalue weighted by atomic mass is 9.91. The molecule has 11 nitrogen and oxygen atoms in total. The number of nitrogens with two attached hydrogens (primary N) is 1. The smallest absolute Gasteiger partial charge is 0.333 e. The van der Waals surface area contributed by atoms with Gasteiger partial charge in [-0.05, 0) is 42.2 Å². The van der Waals surface area contributed by atoms with Gasteiger partial charge < -0.3 is 20.8 Å². The van der Waals surface area contributed by atoms with Crippen molar-refractivity contribution in [3.63, 3.8) is 0 Å². The van der Waals surface area contributed by atoms with Crippen molar-refractivity contribution in [1.29, 1.82) is 0 Å². The lowest BCUT2D eigenvalue weighted by molar-refractivity contribution is 0.00778. The van der Waals surface area contributed by atoms with E-state index < -0.39 is 41.1 Å². The molecule has 0 spiro atoms. The molecule has 0 radical (unpaired) electrons. The van der Waals surface area contributed by atoms with Gasteiger partial charge in [-0.1, -0.05) is 29.3 Å². The predicted octanol–water partition coefficient (Wildman–Crippen LogP) is 2.05. The number of aliphatic hydroxyl groups is 2. The second kappa shape index (κ2) is 11.4. The Morgan fingerprint density at radius 1 is 1.23 bits per heavy atom. The molecule has 0 bridgehead atoms. The topological polar surface area (TPSA) is 177 Å². The number of rotatable bonds is 8. The average molecular weight is 615 g/mol. The van der Waals surface area contributed by atoms with E-state index in [0.717, 1.165) is 41.0 Å². The van der Waals surface area contributed by atoms with Gasteiger partial charge in [0.15, 0.2) is 0 Å². The third-order valence-electron chi connectivity index (χ3n) is 6.94. The first kappa shape index (κ1) is 28.3. The number of aliphatic hydroxyl groups excluding tert-OH is 2. The van der Waals surface area contributed by atoms with Gasteiger partial charge in [-0.2, -0.15) is 8.42 Å². The van der Waals surface area contributed by atoms with E-state index in [9.17, 15) is 23.4 Å². The summed E-state index contributed by atoms with van der Waals surface area (Å²) >= 11 is 14.0. The largest absolute Gasteiger partial charge is 0.390 e. The zero-order valence-corrected chi connectivity index (χ0v) is 23.4. The molecule has 5 atom stereocenters. The minimum atomic E-state index is -4.21. The molecule has 2 aliphatic rings. The van der Waals surface area contributed by atoms with Crippen LogP contribution in [0.1, 0.15) is 44.4 Å². The van der Waals surface area contributed by atoms with Crippen LogP contribution in [-0.4, -0.2) is 65.8 Å². The van der Waals surface area contributed by atoms with E-state index in [1.54, 1.807) is 6.07 Å². The van der Waals surface area contributed by atoms with Crippen molar-refractivity contribution in [3.8, 4) is 0 Å². The van der Waals surface area contributed by atoms with Gasteiger partial charge in [0.1, 0.15) is 18.2 Å². The molecule has 15 heteroatoms. The first-order chi connectivity index (χ1) is 18.5. The first-order valence-corrected chi connectivity index (χ1v) is 15.0. The molecule has 208 valence electrons. The van der Waals surface area contributed by atoms with Crippen molar-refractivity contribution in [2.45, 2.75) is 37.1 Å². The fraction of sp³-hybridized carbons (Fsp3) is 0.375. The third-order valence-corrected chi connectivity index (χ3v) is 9.02. The number of aromatic nitrogens is 2. The predicted molar refractivity (Wildman–Crippen MR) is 146 cm³/mol. The Morgan fingerprint density at radius 2 is 2.03 bits per heavy atom. The molecule has 6 N–H and O–H groups in total. The number of halogens is 2. The number of anilines is 1. The zero-order valence-electron chi connectivity index (χ0n) is 20.3. The molecule has 0 amide bonds. The van der Waals surface area contributed by atoms with Gasteiger partial charge in [0, 0.05) is 29.2 Å². The Kier molecular flexibility index (Phi) is 8.25. The van der Waals surface area contributed by atoms with Gasteiger partial charge in [-0.15, -0.1) is 11.3 Å². The number of nitrogens with zero attached hydrogens (tertiary/aromatic N) is 2. The molecule has 1 aromatic carbocycles. The van der Waals surface area contributed by atoms with E-state index in [1.807, 2.05) is 18.2 Å². The van der Waals surface area contributed by atoms with Gasteiger partial charge >= 0.3 is 10.3 Å². The highest BCUT2D eigenvalue weighted by molar-refractivity contribution is 7.84. The number of thiophene rings is 1. The molecular weight excluding hydrogens is 589 g/mol. The highest BCUT2D eigenvalue weighted by Crippen LogP contribution is 2.39. The maximum atomic E-state index is 13.6. The van der Waals surface area contributed by atoms with Crippen LogP contribution in [-0.2, 0) is 20.9 Å². The second-order valence-electron chi connectivity index (χ2n) is 9.44. The lowest BCUT2D eigenvalue weighted by Gasteiger charge is -2.27. The van der Waals surface area contributed by atoms with Gasteiger partial charge in [0.05, 0.1) is 39.6 Å². The van der Waals surface area contributed by atoms with Gasteiger partial charge in [0.25, 0.3) is 0 Å². The molecule has 0 saturated heterocycles. The van der Waals surface area contributed by atoms with Crippen molar-refractivity contribution >= 4 is 56.4 Å². The van der Waals surface area contributed by atoms with E-state index in [2.05, 4.69) is 24.8 Å². The minimum Gasteiger partial charge on any atom is -0.390 e. The summed E-state index contributed by atoms with van der Waals surface area (Å²) in [6.45, 7) is 0.346. The summed E-state index contributed by atoms with van der Waals surface area (Å²) < 4.78 is 27.3. The number of hydrogen-bond acceptors (Lipinski definition) is 11. The van der Waals surface area contributed by atoms with Crippen LogP contribution in [0.4, 0.5) is 5.82 Å². The molecule has 1 aliphatic carbocycles. The maximum Gasteiger partial charge on any atom is 0.333 e. The average Bonchev–Trinajstić information content (AvgIpc) is 3.41. The molecule has 1 fully saturated rings. The van der Waals surface area contributed by atoms with Crippen LogP contribution in [0, 0.1) is 5.92 Å². The van der Waals surface area contributed by atoms with E-state index >= 15 is 0 Å². The van der Waals surface area contributed by atoms with Crippen molar-refractivity contribution in [2.75, 3.05) is 18.5 Å². The van der Waals surface area contributed by atoms with Gasteiger partial charge in [0.2, 0.25) is 5.78 Å². The number of benzene rings is 1. The van der Waals surface area contributed by atoms with E-state index in [4.69, 9.17) is 28.3 Å². The Balaban J connectivity index is 1.37. The molecule has 5 rings (SSSR count). The molecule has 1 saturated carbocycles. The van der Waals surface area contributed by atoms with Crippen LogP contribution in [0.2, 0.25) is 9.36 Å². The summed E-state index contributed by atoms with van der Waals surface area (Å²) in [5.74, 6) is -0.936. The van der Waals surface area contributed by atoms with Crippen molar-refractivity contribution < 1.29 is 27.6 Å². The number of fused-ring (bicyclic) bond motifs is 1. The summed E-state index contributed by atoms with van der Waals surface area (Å²) in [5.41, 5.74) is 3.07. The number of ketones is 1. The summed E-state index contributed by atoms with van der Waals surface area (Å²) in [7, 11) is -4.21. The molecule has 39 heavy (non-hydrogen) atoms. The fourth-order valence-corrected chi connectivity index (χ4v) is 6.86. The zero-order chi connectivity index (χ0) is 27.9. The number of nitrogens with one attached hydrogen (secondary N) is 2. The fourth-order valence-electron chi connectivity index (χ4n) is 5.03. The van der Waals surface area contributed by atoms with Crippen LogP contribution in [0.5, 0.6) is 0 Å². The minimum absolute atomic E-state index is 0.139. The number of carbonyl (C=O) groups is 1. The molecular formula is C24H25Cl2N5O6S2. The monoisotopic (exact) mass is 613 g/mol. The molecule has 2 aromatic heterocycles.